The summed E-state index contributed by atoms with van der Waals surface area (Å²) in [5.74, 6) is 0.830. The minimum atomic E-state index is -0.0639. The van der Waals surface area contributed by atoms with Gasteiger partial charge in [-0.05, 0) is 48.5 Å². The van der Waals surface area contributed by atoms with Crippen LogP contribution in [-0.2, 0) is 4.79 Å². The number of benzene rings is 2. The van der Waals surface area contributed by atoms with E-state index < -0.39 is 0 Å². The molecule has 2 aromatic rings. The Balaban J connectivity index is 1.76. The summed E-state index contributed by atoms with van der Waals surface area (Å²) in [6.45, 7) is 0. The molecule has 0 saturated heterocycles. The summed E-state index contributed by atoms with van der Waals surface area (Å²) in [5, 5.41) is 20.7. The highest BCUT2D eigenvalue weighted by Crippen LogP contribution is 2.21. The summed E-state index contributed by atoms with van der Waals surface area (Å²) in [4.78, 5) is 12.8. The number of carbonyl (C=O) groups is 1. The second-order valence-corrected chi connectivity index (χ2v) is 5.50. The van der Waals surface area contributed by atoms with Gasteiger partial charge in [-0.25, -0.2) is 0 Å². The third-order valence-electron chi connectivity index (χ3n) is 2.73. The molecule has 0 aromatic heterocycles. The topological polar surface area (TPSA) is 73.1 Å². The lowest BCUT2D eigenvalue weighted by atomic mass is 10.2. The first-order valence-electron chi connectivity index (χ1n) is 6.39. The highest BCUT2D eigenvalue weighted by Gasteiger charge is 2.03. The predicted octanol–water partition coefficient (Wildman–Crippen LogP) is 3.38. The fourth-order valence-electron chi connectivity index (χ4n) is 1.66. The largest absolute Gasteiger partial charge is 0.508 e. The van der Waals surface area contributed by atoms with Crippen LogP contribution in [0, 0.1) is 11.3 Å². The Hall–Kier alpha value is -2.45. The monoisotopic (exact) mass is 298 g/mol. The molecular formula is C16H14N2O2S. The van der Waals surface area contributed by atoms with Gasteiger partial charge in [-0.3, -0.25) is 4.79 Å². The number of carbonyl (C=O) groups excluding carboxylic acids is 1. The van der Waals surface area contributed by atoms with Gasteiger partial charge in [-0.2, -0.15) is 5.26 Å². The van der Waals surface area contributed by atoms with Crippen molar-refractivity contribution in [3.05, 3.63) is 54.1 Å². The number of nitrogens with one attached hydrogen (secondary N) is 1. The van der Waals surface area contributed by atoms with Gasteiger partial charge in [-0.1, -0.05) is 0 Å². The lowest BCUT2D eigenvalue weighted by molar-refractivity contribution is -0.115. The lowest BCUT2D eigenvalue weighted by Gasteiger charge is -2.05. The molecule has 0 unspecified atom stereocenters. The summed E-state index contributed by atoms with van der Waals surface area (Å²) in [6, 6.07) is 15.7. The van der Waals surface area contributed by atoms with Gasteiger partial charge in [0.1, 0.15) is 5.75 Å². The van der Waals surface area contributed by atoms with E-state index in [1.165, 1.54) is 0 Å². The Kier molecular flexibility index (Phi) is 5.24. The van der Waals surface area contributed by atoms with Gasteiger partial charge >= 0.3 is 0 Å². The minimum Gasteiger partial charge on any atom is -0.508 e. The molecule has 0 spiro atoms. The van der Waals surface area contributed by atoms with Crippen molar-refractivity contribution >= 4 is 23.4 Å². The highest BCUT2D eigenvalue weighted by atomic mass is 32.2. The van der Waals surface area contributed by atoms with Crippen molar-refractivity contribution in [3.8, 4) is 11.8 Å². The Morgan fingerprint density at radius 2 is 1.81 bits per heavy atom. The molecule has 2 aromatic carbocycles. The van der Waals surface area contributed by atoms with E-state index in [0.717, 1.165) is 4.90 Å². The first kappa shape index (κ1) is 14.9. The number of phenolic OH excluding ortho intramolecular Hbond substituents is 1. The van der Waals surface area contributed by atoms with Gasteiger partial charge in [0.2, 0.25) is 5.91 Å². The van der Waals surface area contributed by atoms with Gasteiger partial charge in [-0.15, -0.1) is 11.8 Å². The second kappa shape index (κ2) is 7.36. The molecule has 0 aliphatic carbocycles. The van der Waals surface area contributed by atoms with Gasteiger partial charge < -0.3 is 10.4 Å². The number of thioether (sulfide) groups is 1. The number of hydrogen-bond acceptors (Lipinski definition) is 4. The Labute approximate surface area is 127 Å². The van der Waals surface area contributed by atoms with Crippen LogP contribution >= 0.6 is 11.8 Å². The summed E-state index contributed by atoms with van der Waals surface area (Å²) in [7, 11) is 0. The van der Waals surface area contributed by atoms with Gasteiger partial charge in [0, 0.05) is 22.8 Å². The number of anilines is 1. The average molecular weight is 298 g/mol. The predicted molar refractivity (Wildman–Crippen MR) is 83.2 cm³/mol. The maximum absolute atomic E-state index is 11.8. The van der Waals surface area contributed by atoms with Crippen molar-refractivity contribution < 1.29 is 9.90 Å². The zero-order chi connectivity index (χ0) is 15.1. The van der Waals surface area contributed by atoms with Gasteiger partial charge in [0.05, 0.1) is 11.6 Å². The van der Waals surface area contributed by atoms with E-state index in [0.29, 0.717) is 23.4 Å². The molecule has 2 rings (SSSR count). The average Bonchev–Trinajstić information content (AvgIpc) is 2.50. The van der Waals surface area contributed by atoms with E-state index in [1.807, 2.05) is 18.2 Å². The normalized spacial score (nSPS) is 9.86. The van der Waals surface area contributed by atoms with Crippen LogP contribution in [0.1, 0.15) is 12.0 Å². The van der Waals surface area contributed by atoms with Crippen LogP contribution < -0.4 is 5.32 Å². The van der Waals surface area contributed by atoms with Crippen molar-refractivity contribution in [1.29, 1.82) is 5.26 Å². The lowest BCUT2D eigenvalue weighted by Crippen LogP contribution is -2.12. The fourth-order valence-corrected chi connectivity index (χ4v) is 2.51. The molecule has 2 N–H and O–H groups in total. The number of amides is 1. The van der Waals surface area contributed by atoms with E-state index >= 15 is 0 Å². The molecule has 0 fully saturated rings. The molecule has 0 radical (unpaired) electrons. The molecule has 0 aliphatic heterocycles. The third-order valence-corrected chi connectivity index (χ3v) is 3.75. The molecule has 0 atom stereocenters. The van der Waals surface area contributed by atoms with Crippen molar-refractivity contribution in [1.82, 2.24) is 0 Å². The number of aromatic hydroxyl groups is 1. The van der Waals surface area contributed by atoms with E-state index in [1.54, 1.807) is 48.2 Å². The van der Waals surface area contributed by atoms with Crippen molar-refractivity contribution in [3.63, 3.8) is 0 Å². The maximum Gasteiger partial charge on any atom is 0.225 e. The number of nitriles is 1. The summed E-state index contributed by atoms with van der Waals surface area (Å²) in [5.41, 5.74) is 1.25. The van der Waals surface area contributed by atoms with Crippen LogP contribution in [0.2, 0.25) is 0 Å². The smallest absolute Gasteiger partial charge is 0.225 e. The van der Waals surface area contributed by atoms with E-state index in [9.17, 15) is 9.90 Å². The van der Waals surface area contributed by atoms with Gasteiger partial charge in [0.25, 0.3) is 0 Å². The zero-order valence-electron chi connectivity index (χ0n) is 11.2. The SMILES string of the molecule is N#Cc1ccc(NC(=O)CCSc2ccc(O)cc2)cc1. The molecule has 4 nitrogen and oxygen atoms in total. The highest BCUT2D eigenvalue weighted by molar-refractivity contribution is 7.99. The maximum atomic E-state index is 11.8. The number of nitrogens with zero attached hydrogens (tertiary/aromatic N) is 1. The Morgan fingerprint density at radius 3 is 2.43 bits per heavy atom. The van der Waals surface area contributed by atoms with Crippen LogP contribution in [0.3, 0.4) is 0 Å². The van der Waals surface area contributed by atoms with Crippen molar-refractivity contribution in [2.45, 2.75) is 11.3 Å². The second-order valence-electron chi connectivity index (χ2n) is 4.33. The molecule has 5 heteroatoms. The molecule has 106 valence electrons. The first-order chi connectivity index (χ1) is 10.2. The zero-order valence-corrected chi connectivity index (χ0v) is 12.1. The molecule has 21 heavy (non-hydrogen) atoms. The Morgan fingerprint density at radius 1 is 1.14 bits per heavy atom. The summed E-state index contributed by atoms with van der Waals surface area (Å²) >= 11 is 1.56. The van der Waals surface area contributed by atoms with Crippen LogP contribution in [0.15, 0.2) is 53.4 Å². The number of rotatable bonds is 5. The van der Waals surface area contributed by atoms with Gasteiger partial charge in [0.15, 0.2) is 0 Å². The molecule has 0 heterocycles. The summed E-state index contributed by atoms with van der Waals surface area (Å²) in [6.07, 6.45) is 0.394. The van der Waals surface area contributed by atoms with E-state index in [2.05, 4.69) is 5.32 Å². The third kappa shape index (κ3) is 4.86. The standard InChI is InChI=1S/C16H14N2O2S/c17-11-12-1-3-13(4-2-12)18-16(20)9-10-21-15-7-5-14(19)6-8-15/h1-8,19H,9-10H2,(H,18,20). The first-order valence-corrected chi connectivity index (χ1v) is 7.38. The molecule has 0 bridgehead atoms. The van der Waals surface area contributed by atoms with Crippen molar-refractivity contribution in [2.24, 2.45) is 0 Å². The van der Waals surface area contributed by atoms with Crippen LogP contribution in [0.5, 0.6) is 5.75 Å². The quantitative estimate of drug-likeness (QED) is 0.830. The molecule has 0 saturated carbocycles. The van der Waals surface area contributed by atoms with E-state index in [4.69, 9.17) is 5.26 Å². The van der Waals surface area contributed by atoms with Crippen molar-refractivity contribution in [2.75, 3.05) is 11.1 Å². The fraction of sp³-hybridized carbons (Fsp3) is 0.125. The number of hydrogen-bond donors (Lipinski definition) is 2. The molecular weight excluding hydrogens is 284 g/mol. The Bertz CT molecular complexity index is 645. The summed E-state index contributed by atoms with van der Waals surface area (Å²) < 4.78 is 0. The molecule has 1 amide bonds. The van der Waals surface area contributed by atoms with Crippen LogP contribution in [0.25, 0.3) is 0 Å². The number of phenols is 1. The minimum absolute atomic E-state index is 0.0639. The van der Waals surface area contributed by atoms with E-state index in [-0.39, 0.29) is 11.7 Å². The molecule has 0 aliphatic rings. The van der Waals surface area contributed by atoms with Crippen LogP contribution in [0.4, 0.5) is 5.69 Å². The van der Waals surface area contributed by atoms with Crippen LogP contribution in [-0.4, -0.2) is 16.8 Å².